The molecule has 0 spiro atoms. The van der Waals surface area contributed by atoms with Gasteiger partial charge in [-0.05, 0) is 61.4 Å². The largest absolute Gasteiger partial charge is 0.497 e. The van der Waals surface area contributed by atoms with E-state index in [0.29, 0.717) is 40.0 Å². The number of rotatable bonds is 9. The highest BCUT2D eigenvalue weighted by Gasteiger charge is 2.13. The molecule has 0 unspecified atom stereocenters. The van der Waals surface area contributed by atoms with Gasteiger partial charge in [0.25, 0.3) is 5.56 Å². The Hall–Kier alpha value is -3.39. The number of hydrogen-bond donors (Lipinski definition) is 0. The van der Waals surface area contributed by atoms with E-state index >= 15 is 0 Å². The van der Waals surface area contributed by atoms with Gasteiger partial charge in [-0.25, -0.2) is 0 Å². The number of nitrogens with zero attached hydrogens (tertiary/aromatic N) is 3. The smallest absolute Gasteiger partial charge is 0.291 e. The Kier molecular flexibility index (Phi) is 6.70. The van der Waals surface area contributed by atoms with Gasteiger partial charge in [-0.2, -0.15) is 9.50 Å². The third-order valence-electron chi connectivity index (χ3n) is 4.85. The van der Waals surface area contributed by atoms with Crippen LogP contribution < -0.4 is 24.3 Å². The number of ether oxygens (including phenoxy) is 3. The Morgan fingerprint density at radius 3 is 2.56 bits per heavy atom. The molecule has 166 valence electrons. The van der Waals surface area contributed by atoms with Gasteiger partial charge in [0.15, 0.2) is 17.3 Å². The van der Waals surface area contributed by atoms with Crippen molar-refractivity contribution in [3.05, 3.63) is 62.9 Å². The summed E-state index contributed by atoms with van der Waals surface area (Å²) in [5, 5.41) is 4.40. The average Bonchev–Trinajstić information content (AvgIpc) is 3.35. The van der Waals surface area contributed by atoms with Gasteiger partial charge in [-0.15, -0.1) is 5.10 Å². The SMILES string of the molecule is CCCCOc1ccc(/C=c2/sc3nc(-c4ccc(OC)cc4)nn3c2=O)cc1OCC. The van der Waals surface area contributed by atoms with Crippen LogP contribution in [0.1, 0.15) is 32.3 Å². The van der Waals surface area contributed by atoms with Crippen LogP contribution in [-0.2, 0) is 0 Å². The molecular formula is C24H25N3O4S. The Labute approximate surface area is 189 Å². The summed E-state index contributed by atoms with van der Waals surface area (Å²) in [5.74, 6) is 2.65. The van der Waals surface area contributed by atoms with Crippen molar-refractivity contribution in [2.45, 2.75) is 26.7 Å². The van der Waals surface area contributed by atoms with E-state index in [1.807, 2.05) is 55.5 Å². The normalized spacial score (nSPS) is 11.8. The second kappa shape index (κ2) is 9.82. The first kappa shape index (κ1) is 21.8. The summed E-state index contributed by atoms with van der Waals surface area (Å²) in [6.45, 7) is 5.24. The molecule has 0 bridgehead atoms. The lowest BCUT2D eigenvalue weighted by atomic mass is 10.2. The summed E-state index contributed by atoms with van der Waals surface area (Å²) in [6, 6.07) is 13.1. The van der Waals surface area contributed by atoms with E-state index in [0.717, 1.165) is 29.7 Å². The molecule has 0 radical (unpaired) electrons. The van der Waals surface area contributed by atoms with Crippen molar-refractivity contribution in [3.8, 4) is 28.6 Å². The van der Waals surface area contributed by atoms with Gasteiger partial charge in [-0.1, -0.05) is 30.7 Å². The zero-order valence-corrected chi connectivity index (χ0v) is 19.1. The number of fused-ring (bicyclic) bond motifs is 1. The highest BCUT2D eigenvalue weighted by atomic mass is 32.1. The first-order valence-electron chi connectivity index (χ1n) is 10.6. The number of hydrogen-bond acceptors (Lipinski definition) is 7. The molecule has 0 N–H and O–H groups in total. The molecule has 8 heteroatoms. The van der Waals surface area contributed by atoms with Crippen LogP contribution in [0.25, 0.3) is 22.4 Å². The van der Waals surface area contributed by atoms with Gasteiger partial charge in [0, 0.05) is 5.56 Å². The fourth-order valence-electron chi connectivity index (χ4n) is 3.18. The van der Waals surface area contributed by atoms with Crippen LogP contribution in [0.15, 0.2) is 47.3 Å². The third-order valence-corrected chi connectivity index (χ3v) is 5.81. The zero-order valence-electron chi connectivity index (χ0n) is 18.3. The van der Waals surface area contributed by atoms with Crippen LogP contribution in [0.5, 0.6) is 17.2 Å². The summed E-state index contributed by atoms with van der Waals surface area (Å²) in [4.78, 5) is 18.0. The predicted molar refractivity (Wildman–Crippen MR) is 126 cm³/mol. The topological polar surface area (TPSA) is 75.0 Å². The van der Waals surface area contributed by atoms with Gasteiger partial charge in [-0.3, -0.25) is 4.79 Å². The van der Waals surface area contributed by atoms with Crippen molar-refractivity contribution in [1.82, 2.24) is 14.6 Å². The summed E-state index contributed by atoms with van der Waals surface area (Å²) >= 11 is 1.31. The van der Waals surface area contributed by atoms with E-state index in [1.54, 1.807) is 7.11 Å². The molecule has 0 saturated heterocycles. The van der Waals surface area contributed by atoms with Crippen molar-refractivity contribution >= 4 is 22.4 Å². The van der Waals surface area contributed by atoms with Crippen molar-refractivity contribution in [3.63, 3.8) is 0 Å². The third kappa shape index (κ3) is 4.60. The first-order chi connectivity index (χ1) is 15.6. The monoisotopic (exact) mass is 451 g/mol. The zero-order chi connectivity index (χ0) is 22.5. The van der Waals surface area contributed by atoms with Crippen molar-refractivity contribution in [2.75, 3.05) is 20.3 Å². The standard InChI is InChI=1S/C24H25N3O4S/c1-4-6-13-31-19-12-7-16(14-20(19)30-5-2)15-21-23(28)27-24(32-21)25-22(26-27)17-8-10-18(29-3)11-9-17/h7-12,14-15H,4-6,13H2,1-3H3/b21-15+. The first-order valence-corrected chi connectivity index (χ1v) is 11.4. The molecule has 0 atom stereocenters. The van der Waals surface area contributed by atoms with E-state index in [4.69, 9.17) is 14.2 Å². The maximum absolute atomic E-state index is 12.9. The number of benzene rings is 2. The molecule has 4 aromatic rings. The van der Waals surface area contributed by atoms with Crippen LogP contribution in [-0.4, -0.2) is 34.9 Å². The maximum atomic E-state index is 12.9. The van der Waals surface area contributed by atoms with Crippen LogP contribution in [0.3, 0.4) is 0 Å². The van der Waals surface area contributed by atoms with Crippen molar-refractivity contribution < 1.29 is 14.2 Å². The van der Waals surface area contributed by atoms with E-state index in [-0.39, 0.29) is 5.56 Å². The molecule has 0 saturated carbocycles. The Balaban J connectivity index is 1.64. The number of aromatic nitrogens is 3. The molecule has 2 aromatic carbocycles. The van der Waals surface area contributed by atoms with Gasteiger partial charge < -0.3 is 14.2 Å². The minimum Gasteiger partial charge on any atom is -0.497 e. The fraction of sp³-hybridized carbons (Fsp3) is 0.292. The summed E-state index contributed by atoms with van der Waals surface area (Å²) in [6.07, 6.45) is 3.88. The molecule has 4 rings (SSSR count). The molecule has 0 aliphatic carbocycles. The van der Waals surface area contributed by atoms with E-state index < -0.39 is 0 Å². The van der Waals surface area contributed by atoms with Crippen LogP contribution in [0, 0.1) is 0 Å². The molecular weight excluding hydrogens is 426 g/mol. The quantitative estimate of drug-likeness (QED) is 0.359. The Morgan fingerprint density at radius 1 is 1.06 bits per heavy atom. The van der Waals surface area contributed by atoms with E-state index in [2.05, 4.69) is 17.0 Å². The fourth-order valence-corrected chi connectivity index (χ4v) is 4.08. The van der Waals surface area contributed by atoms with Crippen molar-refractivity contribution in [2.24, 2.45) is 0 Å². The van der Waals surface area contributed by atoms with Gasteiger partial charge in [0.2, 0.25) is 4.96 Å². The van der Waals surface area contributed by atoms with Crippen LogP contribution >= 0.6 is 11.3 Å². The lowest BCUT2D eigenvalue weighted by Gasteiger charge is -2.12. The van der Waals surface area contributed by atoms with Crippen molar-refractivity contribution in [1.29, 1.82) is 0 Å². The summed E-state index contributed by atoms with van der Waals surface area (Å²) in [7, 11) is 1.62. The minimum absolute atomic E-state index is 0.196. The van der Waals surface area contributed by atoms with Gasteiger partial charge in [0.05, 0.1) is 24.9 Å². The minimum atomic E-state index is -0.196. The molecule has 0 aliphatic rings. The van der Waals surface area contributed by atoms with E-state index in [1.165, 1.54) is 15.9 Å². The number of unbranched alkanes of at least 4 members (excludes halogenated alkanes) is 1. The summed E-state index contributed by atoms with van der Waals surface area (Å²) < 4.78 is 18.7. The number of thiazole rings is 1. The molecule has 0 amide bonds. The van der Waals surface area contributed by atoms with Gasteiger partial charge >= 0.3 is 0 Å². The summed E-state index contributed by atoms with van der Waals surface area (Å²) in [5.41, 5.74) is 1.48. The highest BCUT2D eigenvalue weighted by Crippen LogP contribution is 2.29. The molecule has 2 heterocycles. The Morgan fingerprint density at radius 2 is 1.88 bits per heavy atom. The maximum Gasteiger partial charge on any atom is 0.291 e. The second-order valence-corrected chi connectivity index (χ2v) is 8.12. The molecule has 0 aliphatic heterocycles. The lowest BCUT2D eigenvalue weighted by molar-refractivity contribution is 0.272. The molecule has 7 nitrogen and oxygen atoms in total. The van der Waals surface area contributed by atoms with Crippen LogP contribution in [0.4, 0.5) is 0 Å². The molecule has 0 fully saturated rings. The van der Waals surface area contributed by atoms with E-state index in [9.17, 15) is 4.79 Å². The van der Waals surface area contributed by atoms with Gasteiger partial charge in [0.1, 0.15) is 5.75 Å². The Bertz CT molecular complexity index is 1310. The van der Waals surface area contributed by atoms with Crippen LogP contribution in [0.2, 0.25) is 0 Å². The highest BCUT2D eigenvalue weighted by molar-refractivity contribution is 7.15. The second-order valence-electron chi connectivity index (χ2n) is 7.12. The average molecular weight is 452 g/mol. The predicted octanol–water partition coefficient (Wildman–Crippen LogP) is 3.95. The number of methoxy groups -OCH3 is 1. The lowest BCUT2D eigenvalue weighted by Crippen LogP contribution is -2.23. The molecule has 2 aromatic heterocycles. The molecule has 32 heavy (non-hydrogen) atoms.